The van der Waals surface area contributed by atoms with Gasteiger partial charge in [-0.1, -0.05) is 17.7 Å². The molecule has 0 aliphatic heterocycles. The fraction of sp³-hybridized carbons (Fsp3) is 0. The van der Waals surface area contributed by atoms with Gasteiger partial charge in [0.2, 0.25) is 0 Å². The van der Waals surface area contributed by atoms with Gasteiger partial charge < -0.3 is 9.40 Å². The quantitative estimate of drug-likeness (QED) is 0.672. The Kier molecular flexibility index (Phi) is 2.01. The summed E-state index contributed by atoms with van der Waals surface area (Å²) in [4.78, 5) is 2.95. The minimum Gasteiger partial charge on any atom is -0.463 e. The Labute approximate surface area is 95.6 Å². The molecule has 2 nitrogen and oxygen atoms in total. The second-order valence-electron chi connectivity index (χ2n) is 3.49. The highest BCUT2D eigenvalue weighted by molar-refractivity contribution is 6.31. The van der Waals surface area contributed by atoms with E-state index in [0.29, 0.717) is 11.3 Å². The number of fused-ring (bicyclic) bond motifs is 1. The molecule has 0 spiro atoms. The minimum absolute atomic E-state index is 0.111. The average Bonchev–Trinajstić information content (AvgIpc) is 2.91. The standard InChI is InChI=1S/C12H7ClFNO/c13-8-4-3-7-6-9(10-2-1-5-16-10)15-12(7)11(8)14/h1-6,15H. The number of hydrogen-bond acceptors (Lipinski definition) is 1. The molecule has 0 unspecified atom stereocenters. The normalized spacial score (nSPS) is 11.1. The lowest BCUT2D eigenvalue weighted by atomic mass is 10.2. The predicted molar refractivity (Wildman–Crippen MR) is 61.0 cm³/mol. The van der Waals surface area contributed by atoms with E-state index >= 15 is 0 Å². The first-order chi connectivity index (χ1) is 7.75. The van der Waals surface area contributed by atoms with E-state index in [0.717, 1.165) is 11.1 Å². The predicted octanol–water partition coefficient (Wildman–Crippen LogP) is 4.22. The number of halogens is 2. The molecule has 1 aromatic carbocycles. The van der Waals surface area contributed by atoms with Crippen molar-refractivity contribution in [1.29, 1.82) is 0 Å². The van der Waals surface area contributed by atoms with Crippen molar-refractivity contribution >= 4 is 22.5 Å². The molecule has 1 N–H and O–H groups in total. The Morgan fingerprint density at radius 2 is 2.12 bits per heavy atom. The zero-order valence-electron chi connectivity index (χ0n) is 8.13. The molecule has 0 saturated heterocycles. The van der Waals surface area contributed by atoms with Crippen LogP contribution in [0.25, 0.3) is 22.4 Å². The van der Waals surface area contributed by atoms with Gasteiger partial charge in [0.1, 0.15) is 5.76 Å². The van der Waals surface area contributed by atoms with Crippen molar-refractivity contribution in [2.75, 3.05) is 0 Å². The molecule has 0 fully saturated rings. The molecule has 4 heteroatoms. The van der Waals surface area contributed by atoms with Crippen LogP contribution in [0.15, 0.2) is 41.0 Å². The number of hydrogen-bond donors (Lipinski definition) is 1. The van der Waals surface area contributed by atoms with Crippen molar-refractivity contribution in [1.82, 2.24) is 4.98 Å². The summed E-state index contributed by atoms with van der Waals surface area (Å²) >= 11 is 5.70. The lowest BCUT2D eigenvalue weighted by Crippen LogP contribution is -1.79. The second-order valence-corrected chi connectivity index (χ2v) is 3.89. The second kappa shape index (κ2) is 3.39. The Morgan fingerprint density at radius 3 is 2.88 bits per heavy atom. The van der Waals surface area contributed by atoms with Crippen molar-refractivity contribution in [3.05, 3.63) is 47.4 Å². The third-order valence-corrected chi connectivity index (χ3v) is 2.77. The summed E-state index contributed by atoms with van der Waals surface area (Å²) in [6, 6.07) is 8.73. The molecular formula is C12H7ClFNO. The van der Waals surface area contributed by atoms with Crippen LogP contribution in [0.2, 0.25) is 5.02 Å². The molecule has 80 valence electrons. The molecule has 0 bridgehead atoms. The summed E-state index contributed by atoms with van der Waals surface area (Å²) in [7, 11) is 0. The van der Waals surface area contributed by atoms with E-state index < -0.39 is 5.82 Å². The Morgan fingerprint density at radius 1 is 1.25 bits per heavy atom. The third-order valence-electron chi connectivity index (χ3n) is 2.47. The van der Waals surface area contributed by atoms with Crippen LogP contribution in [0.1, 0.15) is 0 Å². The van der Waals surface area contributed by atoms with Gasteiger partial charge >= 0.3 is 0 Å². The first-order valence-corrected chi connectivity index (χ1v) is 5.14. The van der Waals surface area contributed by atoms with Gasteiger partial charge in [0.15, 0.2) is 5.82 Å². The maximum absolute atomic E-state index is 13.7. The van der Waals surface area contributed by atoms with Crippen molar-refractivity contribution in [2.45, 2.75) is 0 Å². The maximum atomic E-state index is 13.7. The summed E-state index contributed by atoms with van der Waals surface area (Å²) in [6.07, 6.45) is 1.57. The number of benzene rings is 1. The summed E-state index contributed by atoms with van der Waals surface area (Å²) in [5, 5.41) is 0.883. The molecule has 0 saturated carbocycles. The lowest BCUT2D eigenvalue weighted by molar-refractivity contribution is 0.580. The molecular weight excluding hydrogens is 229 g/mol. The maximum Gasteiger partial charge on any atom is 0.165 e. The van der Waals surface area contributed by atoms with Gasteiger partial charge in [-0.2, -0.15) is 0 Å². The van der Waals surface area contributed by atoms with E-state index in [4.69, 9.17) is 16.0 Å². The van der Waals surface area contributed by atoms with Gasteiger partial charge in [0.05, 0.1) is 22.5 Å². The van der Waals surface area contributed by atoms with Crippen molar-refractivity contribution < 1.29 is 8.81 Å². The zero-order valence-corrected chi connectivity index (χ0v) is 8.88. The first kappa shape index (κ1) is 9.48. The van der Waals surface area contributed by atoms with Crippen LogP contribution in [0.5, 0.6) is 0 Å². The zero-order chi connectivity index (χ0) is 11.1. The molecule has 0 aliphatic rings. The molecule has 3 aromatic rings. The van der Waals surface area contributed by atoms with E-state index in [1.54, 1.807) is 24.5 Å². The fourth-order valence-corrected chi connectivity index (χ4v) is 1.86. The van der Waals surface area contributed by atoms with Crippen molar-refractivity contribution in [2.24, 2.45) is 0 Å². The lowest BCUT2D eigenvalue weighted by Gasteiger charge is -1.94. The number of furan rings is 1. The van der Waals surface area contributed by atoms with E-state index in [1.807, 2.05) is 12.1 Å². The van der Waals surface area contributed by atoms with Crippen LogP contribution in [0, 0.1) is 5.82 Å². The van der Waals surface area contributed by atoms with Gasteiger partial charge in [-0.05, 0) is 24.3 Å². The Bertz CT molecular complexity index is 642. The van der Waals surface area contributed by atoms with Crippen LogP contribution in [-0.2, 0) is 0 Å². The summed E-state index contributed by atoms with van der Waals surface area (Å²) in [6.45, 7) is 0. The molecule has 0 radical (unpaired) electrons. The van der Waals surface area contributed by atoms with Crippen LogP contribution in [0.3, 0.4) is 0 Å². The highest BCUT2D eigenvalue weighted by Crippen LogP contribution is 2.28. The molecule has 2 heterocycles. The smallest absolute Gasteiger partial charge is 0.165 e. The molecule has 16 heavy (non-hydrogen) atoms. The average molecular weight is 236 g/mol. The molecule has 2 aromatic heterocycles. The van der Waals surface area contributed by atoms with Crippen LogP contribution in [0.4, 0.5) is 4.39 Å². The van der Waals surface area contributed by atoms with Gasteiger partial charge in [0, 0.05) is 5.39 Å². The van der Waals surface area contributed by atoms with E-state index in [9.17, 15) is 4.39 Å². The van der Waals surface area contributed by atoms with E-state index in [2.05, 4.69) is 4.98 Å². The van der Waals surface area contributed by atoms with E-state index in [-0.39, 0.29) is 5.02 Å². The Hall–Kier alpha value is -1.74. The number of aromatic amines is 1. The van der Waals surface area contributed by atoms with Gasteiger partial charge in [-0.25, -0.2) is 4.39 Å². The topological polar surface area (TPSA) is 28.9 Å². The molecule has 0 atom stereocenters. The largest absolute Gasteiger partial charge is 0.463 e. The monoisotopic (exact) mass is 235 g/mol. The highest BCUT2D eigenvalue weighted by Gasteiger charge is 2.10. The first-order valence-electron chi connectivity index (χ1n) is 4.76. The number of H-pyrrole nitrogens is 1. The third kappa shape index (κ3) is 1.32. The van der Waals surface area contributed by atoms with Crippen molar-refractivity contribution in [3.8, 4) is 11.5 Å². The fourth-order valence-electron chi connectivity index (χ4n) is 1.70. The summed E-state index contributed by atoms with van der Waals surface area (Å²) < 4.78 is 18.9. The minimum atomic E-state index is -0.433. The molecule has 0 amide bonds. The number of rotatable bonds is 1. The van der Waals surface area contributed by atoms with Gasteiger partial charge in [-0.15, -0.1) is 0 Å². The van der Waals surface area contributed by atoms with Crippen LogP contribution in [-0.4, -0.2) is 4.98 Å². The van der Waals surface area contributed by atoms with Crippen LogP contribution >= 0.6 is 11.6 Å². The SMILES string of the molecule is Fc1c(Cl)ccc2cc(-c3ccco3)[nH]c12. The number of nitrogens with one attached hydrogen (secondary N) is 1. The van der Waals surface area contributed by atoms with Gasteiger partial charge in [0.25, 0.3) is 0 Å². The van der Waals surface area contributed by atoms with Crippen molar-refractivity contribution in [3.63, 3.8) is 0 Å². The summed E-state index contributed by atoms with van der Waals surface area (Å²) in [5.74, 6) is 0.240. The molecule has 0 aliphatic carbocycles. The highest BCUT2D eigenvalue weighted by atomic mass is 35.5. The summed E-state index contributed by atoms with van der Waals surface area (Å²) in [5.41, 5.74) is 1.14. The van der Waals surface area contributed by atoms with Gasteiger partial charge in [-0.3, -0.25) is 0 Å². The number of aromatic nitrogens is 1. The van der Waals surface area contributed by atoms with Crippen LogP contribution < -0.4 is 0 Å². The van der Waals surface area contributed by atoms with E-state index in [1.165, 1.54) is 0 Å². The molecule has 3 rings (SSSR count). The Balaban J connectivity index is 2.28.